The van der Waals surface area contributed by atoms with Gasteiger partial charge in [-0.1, -0.05) is 11.6 Å². The smallest absolute Gasteiger partial charge is 0.327 e. The summed E-state index contributed by atoms with van der Waals surface area (Å²) in [7, 11) is 0. The van der Waals surface area contributed by atoms with Crippen molar-refractivity contribution in [3.63, 3.8) is 0 Å². The Labute approximate surface area is 122 Å². The monoisotopic (exact) mass is 316 g/mol. The van der Waals surface area contributed by atoms with Crippen LogP contribution in [0.25, 0.3) is 0 Å². The highest BCUT2D eigenvalue weighted by Crippen LogP contribution is 2.28. The van der Waals surface area contributed by atoms with Gasteiger partial charge >= 0.3 is 5.97 Å². The molecule has 1 atom stereocenters. The zero-order valence-electron chi connectivity index (χ0n) is 9.98. The van der Waals surface area contributed by atoms with Crippen LogP contribution in [-0.4, -0.2) is 44.5 Å². The van der Waals surface area contributed by atoms with Gasteiger partial charge in [-0.25, -0.2) is 4.79 Å². The molecule has 20 heavy (non-hydrogen) atoms. The topological polar surface area (TPSA) is 101 Å². The van der Waals surface area contributed by atoms with Gasteiger partial charge in [0.05, 0.1) is 10.8 Å². The summed E-state index contributed by atoms with van der Waals surface area (Å²) in [6, 6.07) is 2.71. The maximum Gasteiger partial charge on any atom is 0.327 e. The number of rotatable bonds is 3. The average Bonchev–Trinajstić information content (AvgIpc) is 2.87. The van der Waals surface area contributed by atoms with Crippen molar-refractivity contribution in [3.05, 3.63) is 38.9 Å². The molecule has 0 spiro atoms. The Morgan fingerprint density at radius 1 is 1.50 bits per heavy atom. The van der Waals surface area contributed by atoms with Crippen molar-refractivity contribution in [2.45, 2.75) is 6.04 Å². The normalized spacial score (nSPS) is 18.1. The van der Waals surface area contributed by atoms with Crippen molar-refractivity contribution in [3.8, 4) is 0 Å². The standard InChI is InChI=1S/C11H9ClN2O5S/c12-6-1-2-7(8(3-6)14(18)19)10(15)13-5-20-4-9(13)11(16)17/h1-3,9H,4-5H2,(H,16,17). The molecule has 1 heterocycles. The van der Waals surface area contributed by atoms with Crippen LogP contribution in [0, 0.1) is 10.1 Å². The van der Waals surface area contributed by atoms with Crippen LogP contribution in [0.15, 0.2) is 18.2 Å². The number of nitrogens with zero attached hydrogens (tertiary/aromatic N) is 2. The van der Waals surface area contributed by atoms with Gasteiger partial charge in [-0.3, -0.25) is 14.9 Å². The summed E-state index contributed by atoms with van der Waals surface area (Å²) in [5.41, 5.74) is -0.586. The first kappa shape index (κ1) is 14.6. The number of amides is 1. The summed E-state index contributed by atoms with van der Waals surface area (Å²) >= 11 is 6.96. The fourth-order valence-corrected chi connectivity index (χ4v) is 3.15. The number of carbonyl (C=O) groups is 2. The summed E-state index contributed by atoms with van der Waals surface area (Å²) in [6.07, 6.45) is 0. The van der Waals surface area contributed by atoms with Gasteiger partial charge in [-0.2, -0.15) is 0 Å². The summed E-state index contributed by atoms with van der Waals surface area (Å²) in [6.45, 7) is 0. The van der Waals surface area contributed by atoms with E-state index in [1.165, 1.54) is 23.9 Å². The highest BCUT2D eigenvalue weighted by atomic mass is 35.5. The number of carboxylic acid groups (broad SMARTS) is 1. The number of aliphatic carboxylic acids is 1. The van der Waals surface area contributed by atoms with Gasteiger partial charge in [0.15, 0.2) is 0 Å². The van der Waals surface area contributed by atoms with Gasteiger partial charge in [0.25, 0.3) is 11.6 Å². The molecule has 1 fully saturated rings. The molecule has 1 amide bonds. The summed E-state index contributed by atoms with van der Waals surface area (Å²) in [5, 5.41) is 20.1. The molecule has 0 bridgehead atoms. The van der Waals surface area contributed by atoms with Crippen LogP contribution in [0.4, 0.5) is 5.69 Å². The third-order valence-corrected chi connectivity index (χ3v) is 4.06. The Hall–Kier alpha value is -1.80. The van der Waals surface area contributed by atoms with Crippen molar-refractivity contribution in [1.29, 1.82) is 0 Å². The molecule has 0 aromatic heterocycles. The Morgan fingerprint density at radius 3 is 2.80 bits per heavy atom. The van der Waals surface area contributed by atoms with Crippen molar-refractivity contribution in [2.75, 3.05) is 11.6 Å². The quantitative estimate of drug-likeness (QED) is 0.674. The minimum Gasteiger partial charge on any atom is -0.480 e. The number of benzene rings is 1. The van der Waals surface area contributed by atoms with Gasteiger partial charge in [0.2, 0.25) is 0 Å². The van der Waals surface area contributed by atoms with E-state index < -0.39 is 28.5 Å². The molecule has 1 aliphatic heterocycles. The molecule has 0 aliphatic carbocycles. The molecule has 0 saturated carbocycles. The van der Waals surface area contributed by atoms with Crippen molar-refractivity contribution >= 4 is 40.9 Å². The minimum atomic E-state index is -1.13. The van der Waals surface area contributed by atoms with E-state index in [2.05, 4.69) is 0 Å². The number of carboxylic acids is 1. The van der Waals surface area contributed by atoms with E-state index in [-0.39, 0.29) is 22.2 Å². The third-order valence-electron chi connectivity index (χ3n) is 2.82. The van der Waals surface area contributed by atoms with Crippen molar-refractivity contribution < 1.29 is 19.6 Å². The van der Waals surface area contributed by atoms with Gasteiger partial charge in [0, 0.05) is 16.8 Å². The van der Waals surface area contributed by atoms with E-state index in [0.29, 0.717) is 0 Å². The predicted octanol–water partition coefficient (Wildman–Crippen LogP) is 1.85. The van der Waals surface area contributed by atoms with E-state index >= 15 is 0 Å². The van der Waals surface area contributed by atoms with Gasteiger partial charge in [0.1, 0.15) is 11.6 Å². The Bertz CT molecular complexity index is 594. The SMILES string of the molecule is O=C(O)C1CSCN1C(=O)c1ccc(Cl)cc1[N+](=O)[O-]. The minimum absolute atomic E-state index is 0.138. The number of halogens is 1. The van der Waals surface area contributed by atoms with Gasteiger partial charge in [-0.15, -0.1) is 11.8 Å². The number of hydrogen-bond donors (Lipinski definition) is 1. The first-order valence-electron chi connectivity index (χ1n) is 5.47. The lowest BCUT2D eigenvalue weighted by atomic mass is 10.1. The summed E-state index contributed by atoms with van der Waals surface area (Å²) in [5.74, 6) is -1.34. The third kappa shape index (κ3) is 2.70. The highest BCUT2D eigenvalue weighted by Gasteiger charge is 2.37. The molecule has 1 aromatic rings. The van der Waals surface area contributed by atoms with Crippen LogP contribution in [0.1, 0.15) is 10.4 Å². The van der Waals surface area contributed by atoms with E-state index in [9.17, 15) is 19.7 Å². The largest absolute Gasteiger partial charge is 0.480 e. The first-order chi connectivity index (χ1) is 9.41. The van der Waals surface area contributed by atoms with Crippen molar-refractivity contribution in [2.24, 2.45) is 0 Å². The van der Waals surface area contributed by atoms with Crippen LogP contribution >= 0.6 is 23.4 Å². The zero-order valence-corrected chi connectivity index (χ0v) is 11.6. The highest BCUT2D eigenvalue weighted by molar-refractivity contribution is 7.99. The zero-order chi connectivity index (χ0) is 14.9. The van der Waals surface area contributed by atoms with Crippen molar-refractivity contribution in [1.82, 2.24) is 4.90 Å². The second kappa shape index (κ2) is 5.68. The molecule has 1 unspecified atom stereocenters. The number of thioether (sulfide) groups is 1. The van der Waals surface area contributed by atoms with E-state index in [1.807, 2.05) is 0 Å². The Morgan fingerprint density at radius 2 is 2.20 bits per heavy atom. The number of nitro benzene ring substituents is 1. The Kier molecular flexibility index (Phi) is 4.15. The van der Waals surface area contributed by atoms with Crippen LogP contribution < -0.4 is 0 Å². The summed E-state index contributed by atoms with van der Waals surface area (Å²) < 4.78 is 0. The van der Waals surface area contributed by atoms with E-state index in [0.717, 1.165) is 11.0 Å². The lowest BCUT2D eigenvalue weighted by Crippen LogP contribution is -2.41. The molecule has 1 aliphatic rings. The molecule has 7 nitrogen and oxygen atoms in total. The number of carbonyl (C=O) groups excluding carboxylic acids is 1. The van der Waals surface area contributed by atoms with E-state index in [1.54, 1.807) is 0 Å². The van der Waals surface area contributed by atoms with E-state index in [4.69, 9.17) is 16.7 Å². The fourth-order valence-electron chi connectivity index (χ4n) is 1.84. The lowest BCUT2D eigenvalue weighted by Gasteiger charge is -2.20. The Balaban J connectivity index is 2.38. The fraction of sp³-hybridized carbons (Fsp3) is 0.273. The second-order valence-corrected chi connectivity index (χ2v) is 5.48. The molecule has 106 valence electrons. The molecule has 9 heteroatoms. The first-order valence-corrected chi connectivity index (χ1v) is 7.00. The molecule has 1 aromatic carbocycles. The molecular weight excluding hydrogens is 308 g/mol. The molecule has 1 saturated heterocycles. The average molecular weight is 317 g/mol. The summed E-state index contributed by atoms with van der Waals surface area (Å²) in [4.78, 5) is 34.7. The molecular formula is C11H9ClN2O5S. The maximum atomic E-state index is 12.3. The molecule has 1 N–H and O–H groups in total. The lowest BCUT2D eigenvalue weighted by molar-refractivity contribution is -0.385. The number of hydrogen-bond acceptors (Lipinski definition) is 5. The molecule has 2 rings (SSSR count). The van der Waals surface area contributed by atoms with Crippen LogP contribution in [0.3, 0.4) is 0 Å². The van der Waals surface area contributed by atoms with Crippen LogP contribution in [0.5, 0.6) is 0 Å². The van der Waals surface area contributed by atoms with Gasteiger partial charge in [-0.05, 0) is 12.1 Å². The maximum absolute atomic E-state index is 12.3. The second-order valence-electron chi connectivity index (χ2n) is 4.05. The predicted molar refractivity (Wildman–Crippen MR) is 73.0 cm³/mol. The van der Waals surface area contributed by atoms with Crippen LogP contribution in [0.2, 0.25) is 5.02 Å². The number of nitro groups is 1. The van der Waals surface area contributed by atoms with Gasteiger partial charge < -0.3 is 10.0 Å². The van der Waals surface area contributed by atoms with Crippen LogP contribution in [-0.2, 0) is 4.79 Å². The molecule has 0 radical (unpaired) electrons.